The van der Waals surface area contributed by atoms with E-state index in [0.29, 0.717) is 0 Å². The summed E-state index contributed by atoms with van der Waals surface area (Å²) in [5, 5.41) is 0. The quantitative estimate of drug-likeness (QED) is 0.491. The Morgan fingerprint density at radius 2 is 2.38 bits per heavy atom. The predicted molar refractivity (Wildman–Crippen MR) is 55.4 cm³/mol. The molecule has 0 aliphatic heterocycles. The monoisotopic (exact) mass is 174 g/mol. The molecule has 70 valence electrons. The third kappa shape index (κ3) is 0.978. The molecule has 0 heteroatoms. The zero-order valence-corrected chi connectivity index (χ0v) is 8.47. The van der Waals surface area contributed by atoms with Gasteiger partial charge in [-0.1, -0.05) is 23.8 Å². The molecular weight excluding hydrogens is 156 g/mol. The smallest absolute Gasteiger partial charge is 0.0160 e. The van der Waals surface area contributed by atoms with E-state index in [-0.39, 0.29) is 0 Å². The van der Waals surface area contributed by atoms with E-state index in [0.717, 1.165) is 17.3 Å². The lowest BCUT2D eigenvalue weighted by molar-refractivity contribution is 0.227. The minimum absolute atomic E-state index is 0.717. The first-order chi connectivity index (χ1) is 6.21. The minimum Gasteiger partial charge on any atom is -0.0998 e. The molecular formula is C13H18. The van der Waals surface area contributed by atoms with Crippen LogP contribution in [0, 0.1) is 17.3 Å². The highest BCUT2D eigenvalue weighted by molar-refractivity contribution is 5.28. The first-order valence-electron chi connectivity index (χ1n) is 5.55. The van der Waals surface area contributed by atoms with Crippen molar-refractivity contribution in [3.05, 3.63) is 23.8 Å². The van der Waals surface area contributed by atoms with Crippen LogP contribution in [0.3, 0.4) is 0 Å². The van der Waals surface area contributed by atoms with Crippen LogP contribution in [-0.2, 0) is 0 Å². The van der Waals surface area contributed by atoms with Gasteiger partial charge in [-0.15, -0.1) is 0 Å². The molecule has 0 bridgehead atoms. The van der Waals surface area contributed by atoms with Crippen molar-refractivity contribution < 1.29 is 0 Å². The largest absolute Gasteiger partial charge is 0.0998 e. The maximum Gasteiger partial charge on any atom is -0.0160 e. The van der Waals surface area contributed by atoms with Crippen LogP contribution in [0.1, 0.15) is 39.0 Å². The van der Waals surface area contributed by atoms with E-state index < -0.39 is 0 Å². The Labute approximate surface area is 80.7 Å². The van der Waals surface area contributed by atoms with Crippen LogP contribution >= 0.6 is 0 Å². The molecule has 0 nitrogen and oxygen atoms in total. The molecule has 1 spiro atoms. The molecule has 3 unspecified atom stereocenters. The highest BCUT2D eigenvalue weighted by Crippen LogP contribution is 2.68. The first-order valence-corrected chi connectivity index (χ1v) is 5.55. The molecule has 3 aliphatic carbocycles. The van der Waals surface area contributed by atoms with Gasteiger partial charge in [0.25, 0.3) is 0 Å². The van der Waals surface area contributed by atoms with Crippen molar-refractivity contribution in [2.24, 2.45) is 17.3 Å². The highest BCUT2D eigenvalue weighted by atomic mass is 14.6. The standard InChI is InChI=1S/C13H18/c1-9-3-4-11-5-10(2)6-12-8-13(11,12)7-9/h6,11-12H,1,3-5,7-8H2,2H3. The molecule has 0 aromatic heterocycles. The Balaban J connectivity index is 1.93. The molecule has 3 aliphatic rings. The summed E-state index contributed by atoms with van der Waals surface area (Å²) in [6, 6.07) is 0. The number of allylic oxidation sites excluding steroid dienone is 3. The number of rotatable bonds is 0. The average molecular weight is 174 g/mol. The van der Waals surface area contributed by atoms with Crippen molar-refractivity contribution >= 4 is 0 Å². The van der Waals surface area contributed by atoms with Gasteiger partial charge in [0.2, 0.25) is 0 Å². The summed E-state index contributed by atoms with van der Waals surface area (Å²) in [4.78, 5) is 0. The van der Waals surface area contributed by atoms with Gasteiger partial charge < -0.3 is 0 Å². The van der Waals surface area contributed by atoms with Crippen molar-refractivity contribution in [2.45, 2.75) is 39.0 Å². The molecule has 2 saturated carbocycles. The van der Waals surface area contributed by atoms with Gasteiger partial charge in [0.05, 0.1) is 0 Å². The summed E-state index contributed by atoms with van der Waals surface area (Å²) in [7, 11) is 0. The molecule has 13 heavy (non-hydrogen) atoms. The Morgan fingerprint density at radius 1 is 1.54 bits per heavy atom. The van der Waals surface area contributed by atoms with Crippen LogP contribution in [0.25, 0.3) is 0 Å². The summed E-state index contributed by atoms with van der Waals surface area (Å²) in [6.07, 6.45) is 9.44. The molecule has 0 radical (unpaired) electrons. The van der Waals surface area contributed by atoms with E-state index in [2.05, 4.69) is 19.6 Å². The summed E-state index contributed by atoms with van der Waals surface area (Å²) in [5.41, 5.74) is 3.89. The third-order valence-corrected chi connectivity index (χ3v) is 4.47. The van der Waals surface area contributed by atoms with Crippen molar-refractivity contribution in [3.8, 4) is 0 Å². The van der Waals surface area contributed by atoms with Crippen molar-refractivity contribution in [1.82, 2.24) is 0 Å². The molecule has 2 fully saturated rings. The molecule has 3 atom stereocenters. The van der Waals surface area contributed by atoms with Crippen LogP contribution in [0.15, 0.2) is 23.8 Å². The zero-order valence-electron chi connectivity index (χ0n) is 8.47. The van der Waals surface area contributed by atoms with Gasteiger partial charge in [-0.25, -0.2) is 0 Å². The van der Waals surface area contributed by atoms with Crippen LogP contribution in [0.5, 0.6) is 0 Å². The molecule has 0 aromatic rings. The van der Waals surface area contributed by atoms with E-state index in [9.17, 15) is 0 Å². The topological polar surface area (TPSA) is 0 Å². The molecule has 0 aromatic carbocycles. The predicted octanol–water partition coefficient (Wildman–Crippen LogP) is 3.70. The normalized spacial score (nSPS) is 47.8. The fourth-order valence-corrected chi connectivity index (χ4v) is 3.72. The van der Waals surface area contributed by atoms with E-state index in [1.807, 2.05) is 0 Å². The minimum atomic E-state index is 0.717. The van der Waals surface area contributed by atoms with E-state index in [4.69, 9.17) is 0 Å². The summed E-state index contributed by atoms with van der Waals surface area (Å²) in [6.45, 7) is 6.49. The van der Waals surface area contributed by atoms with Gasteiger partial charge >= 0.3 is 0 Å². The van der Waals surface area contributed by atoms with Crippen LogP contribution in [0.2, 0.25) is 0 Å². The highest BCUT2D eigenvalue weighted by Gasteiger charge is 2.59. The molecule has 0 saturated heterocycles. The number of hydrogen-bond donors (Lipinski definition) is 0. The molecule has 0 amide bonds. The van der Waals surface area contributed by atoms with E-state index >= 15 is 0 Å². The fourth-order valence-electron chi connectivity index (χ4n) is 3.72. The maximum absolute atomic E-state index is 4.18. The second-order valence-corrected chi connectivity index (χ2v) is 5.42. The van der Waals surface area contributed by atoms with Crippen LogP contribution in [-0.4, -0.2) is 0 Å². The Kier molecular flexibility index (Phi) is 1.38. The number of hydrogen-bond acceptors (Lipinski definition) is 0. The maximum atomic E-state index is 4.18. The summed E-state index contributed by atoms with van der Waals surface area (Å²) < 4.78 is 0. The Hall–Kier alpha value is -0.520. The van der Waals surface area contributed by atoms with Gasteiger partial charge in [-0.3, -0.25) is 0 Å². The SMILES string of the molecule is C=C1CCC2CC(C)=CC3CC32C1. The van der Waals surface area contributed by atoms with Gasteiger partial charge in [0, 0.05) is 0 Å². The lowest BCUT2D eigenvalue weighted by Crippen LogP contribution is -2.26. The Bertz CT molecular complexity index is 297. The van der Waals surface area contributed by atoms with Crippen molar-refractivity contribution in [3.63, 3.8) is 0 Å². The van der Waals surface area contributed by atoms with Gasteiger partial charge in [-0.05, 0) is 56.3 Å². The zero-order chi connectivity index (χ0) is 9.05. The van der Waals surface area contributed by atoms with Gasteiger partial charge in [-0.2, -0.15) is 0 Å². The van der Waals surface area contributed by atoms with E-state index in [1.54, 1.807) is 5.57 Å². The van der Waals surface area contributed by atoms with Crippen LogP contribution in [0.4, 0.5) is 0 Å². The van der Waals surface area contributed by atoms with Crippen molar-refractivity contribution in [1.29, 1.82) is 0 Å². The molecule has 0 heterocycles. The molecule has 0 N–H and O–H groups in total. The van der Waals surface area contributed by atoms with Gasteiger partial charge in [0.15, 0.2) is 0 Å². The lowest BCUT2D eigenvalue weighted by atomic mass is 9.68. The summed E-state index contributed by atoms with van der Waals surface area (Å²) >= 11 is 0. The molecule has 3 rings (SSSR count). The Morgan fingerprint density at radius 3 is 3.23 bits per heavy atom. The third-order valence-electron chi connectivity index (χ3n) is 4.47. The second kappa shape index (κ2) is 2.29. The van der Waals surface area contributed by atoms with E-state index in [1.165, 1.54) is 37.7 Å². The van der Waals surface area contributed by atoms with Gasteiger partial charge in [0.1, 0.15) is 0 Å². The second-order valence-electron chi connectivity index (χ2n) is 5.42. The van der Waals surface area contributed by atoms with Crippen molar-refractivity contribution in [2.75, 3.05) is 0 Å². The fraction of sp³-hybridized carbons (Fsp3) is 0.692. The van der Waals surface area contributed by atoms with Crippen LogP contribution < -0.4 is 0 Å². The summed E-state index contributed by atoms with van der Waals surface area (Å²) in [5.74, 6) is 1.94. The average Bonchev–Trinajstić information content (AvgIpc) is 2.73. The lowest BCUT2D eigenvalue weighted by Gasteiger charge is -2.36. The first kappa shape index (κ1) is 7.84.